The average molecular weight is 250 g/mol. The van der Waals surface area contributed by atoms with E-state index in [0.29, 0.717) is 6.54 Å². The van der Waals surface area contributed by atoms with Crippen LogP contribution in [0.1, 0.15) is 12.7 Å². The zero-order chi connectivity index (χ0) is 12.9. The van der Waals surface area contributed by atoms with Crippen LogP contribution in [0.2, 0.25) is 0 Å². The molecule has 0 saturated heterocycles. The number of rotatable bonds is 5. The molecular weight excluding hydrogens is 237 g/mol. The van der Waals surface area contributed by atoms with Crippen LogP contribution in [0.5, 0.6) is 0 Å². The van der Waals surface area contributed by atoms with Crippen LogP contribution in [0, 0.1) is 0 Å². The molecule has 1 aromatic heterocycles. The van der Waals surface area contributed by atoms with E-state index >= 15 is 0 Å². The molecule has 0 fully saturated rings. The molecule has 0 amide bonds. The summed E-state index contributed by atoms with van der Waals surface area (Å²) in [6.45, 7) is 2.13. The van der Waals surface area contributed by atoms with Gasteiger partial charge in [0.15, 0.2) is 0 Å². The molecule has 0 radical (unpaired) electrons. The molecule has 5 nitrogen and oxygen atoms in total. The highest BCUT2D eigenvalue weighted by Crippen LogP contribution is 2.28. The number of nitrogens with zero attached hydrogens (tertiary/aromatic N) is 2. The maximum Gasteiger partial charge on any atom is 0.451 e. The standard InChI is InChI=1S/C9H13F3N4O/c1-2-13-6-5-7(14-3-4-17)16-8(15-6)9(10,11)12/h5,17H,2-4H2,1H3,(H2,13,14,15,16). The van der Waals surface area contributed by atoms with Crippen molar-refractivity contribution in [3.63, 3.8) is 0 Å². The van der Waals surface area contributed by atoms with E-state index in [1.807, 2.05) is 0 Å². The van der Waals surface area contributed by atoms with Gasteiger partial charge in [-0.1, -0.05) is 0 Å². The van der Waals surface area contributed by atoms with Crippen molar-refractivity contribution in [2.24, 2.45) is 0 Å². The Labute approximate surface area is 96.1 Å². The molecule has 17 heavy (non-hydrogen) atoms. The summed E-state index contributed by atoms with van der Waals surface area (Å²) in [5.74, 6) is -1.09. The monoisotopic (exact) mass is 250 g/mol. The van der Waals surface area contributed by atoms with Crippen LogP contribution in [-0.4, -0.2) is 34.8 Å². The molecule has 1 aromatic rings. The maximum absolute atomic E-state index is 12.5. The highest BCUT2D eigenvalue weighted by atomic mass is 19.4. The number of halogens is 3. The highest BCUT2D eigenvalue weighted by molar-refractivity contribution is 5.47. The SMILES string of the molecule is CCNc1cc(NCCO)nc(C(F)(F)F)n1. The lowest BCUT2D eigenvalue weighted by Crippen LogP contribution is -2.16. The second-order valence-electron chi connectivity index (χ2n) is 3.14. The quantitative estimate of drug-likeness (QED) is 0.735. The number of hydrogen-bond acceptors (Lipinski definition) is 5. The fraction of sp³-hybridized carbons (Fsp3) is 0.556. The van der Waals surface area contributed by atoms with Crippen molar-refractivity contribution in [2.75, 3.05) is 30.3 Å². The van der Waals surface area contributed by atoms with Gasteiger partial charge in [-0.15, -0.1) is 0 Å². The Hall–Kier alpha value is -1.57. The highest BCUT2D eigenvalue weighted by Gasteiger charge is 2.35. The van der Waals surface area contributed by atoms with Crippen LogP contribution >= 0.6 is 0 Å². The second-order valence-corrected chi connectivity index (χ2v) is 3.14. The Morgan fingerprint density at radius 2 is 1.82 bits per heavy atom. The maximum atomic E-state index is 12.5. The molecule has 1 rings (SSSR count). The molecular formula is C9H13F3N4O. The van der Waals surface area contributed by atoms with E-state index < -0.39 is 12.0 Å². The third kappa shape index (κ3) is 4.06. The van der Waals surface area contributed by atoms with Gasteiger partial charge < -0.3 is 15.7 Å². The van der Waals surface area contributed by atoms with Gasteiger partial charge in [0.25, 0.3) is 0 Å². The zero-order valence-corrected chi connectivity index (χ0v) is 9.17. The van der Waals surface area contributed by atoms with Crippen molar-refractivity contribution in [2.45, 2.75) is 13.1 Å². The fourth-order valence-electron chi connectivity index (χ4n) is 1.12. The number of alkyl halides is 3. The largest absolute Gasteiger partial charge is 0.451 e. The van der Waals surface area contributed by atoms with Crippen LogP contribution in [0.4, 0.5) is 24.8 Å². The van der Waals surface area contributed by atoms with Gasteiger partial charge in [0.05, 0.1) is 6.61 Å². The molecule has 0 aliphatic heterocycles. The topological polar surface area (TPSA) is 70.1 Å². The van der Waals surface area contributed by atoms with Gasteiger partial charge in [0.2, 0.25) is 5.82 Å². The molecule has 3 N–H and O–H groups in total. The van der Waals surface area contributed by atoms with Crippen molar-refractivity contribution < 1.29 is 18.3 Å². The summed E-state index contributed by atoms with van der Waals surface area (Å²) in [7, 11) is 0. The molecule has 0 aromatic carbocycles. The fourth-order valence-corrected chi connectivity index (χ4v) is 1.12. The lowest BCUT2D eigenvalue weighted by atomic mass is 10.4. The Balaban J connectivity index is 3.01. The van der Waals surface area contributed by atoms with Gasteiger partial charge in [0, 0.05) is 19.2 Å². The zero-order valence-electron chi connectivity index (χ0n) is 9.17. The number of aliphatic hydroxyl groups is 1. The van der Waals surface area contributed by atoms with E-state index in [-0.39, 0.29) is 24.8 Å². The van der Waals surface area contributed by atoms with Crippen LogP contribution in [0.25, 0.3) is 0 Å². The van der Waals surface area contributed by atoms with E-state index in [4.69, 9.17) is 5.11 Å². The number of hydrogen-bond donors (Lipinski definition) is 3. The Morgan fingerprint density at radius 1 is 1.24 bits per heavy atom. The smallest absolute Gasteiger partial charge is 0.395 e. The van der Waals surface area contributed by atoms with E-state index in [2.05, 4.69) is 20.6 Å². The molecule has 0 unspecified atom stereocenters. The molecule has 0 spiro atoms. The number of aromatic nitrogens is 2. The number of anilines is 2. The van der Waals surface area contributed by atoms with Gasteiger partial charge in [-0.3, -0.25) is 0 Å². The lowest BCUT2D eigenvalue weighted by Gasteiger charge is -2.11. The van der Waals surface area contributed by atoms with E-state index in [0.717, 1.165) is 0 Å². The summed E-state index contributed by atoms with van der Waals surface area (Å²) in [5.41, 5.74) is 0. The molecule has 1 heterocycles. The van der Waals surface area contributed by atoms with Crippen molar-refractivity contribution in [1.29, 1.82) is 0 Å². The van der Waals surface area contributed by atoms with E-state index in [1.165, 1.54) is 6.07 Å². The second kappa shape index (κ2) is 5.67. The molecule has 8 heteroatoms. The minimum absolute atomic E-state index is 0.0253. The summed E-state index contributed by atoms with van der Waals surface area (Å²) in [6, 6.07) is 1.36. The minimum Gasteiger partial charge on any atom is -0.395 e. The minimum atomic E-state index is -4.60. The van der Waals surface area contributed by atoms with Crippen molar-refractivity contribution in [3.8, 4) is 0 Å². The number of nitrogens with one attached hydrogen (secondary N) is 2. The summed E-state index contributed by atoms with van der Waals surface area (Å²) in [4.78, 5) is 6.68. The normalized spacial score (nSPS) is 11.4. The summed E-state index contributed by atoms with van der Waals surface area (Å²) < 4.78 is 37.4. The molecule has 0 saturated carbocycles. The van der Waals surface area contributed by atoms with Gasteiger partial charge in [-0.2, -0.15) is 13.2 Å². The van der Waals surface area contributed by atoms with Gasteiger partial charge in [0.1, 0.15) is 11.6 Å². The van der Waals surface area contributed by atoms with Gasteiger partial charge in [-0.05, 0) is 6.92 Å². The predicted octanol–water partition coefficient (Wildman–Crippen LogP) is 1.33. The third-order valence-corrected chi connectivity index (χ3v) is 1.76. The average Bonchev–Trinajstić information content (AvgIpc) is 2.25. The molecule has 0 aliphatic carbocycles. The van der Waals surface area contributed by atoms with Gasteiger partial charge in [-0.25, -0.2) is 9.97 Å². The Kier molecular flexibility index (Phi) is 4.50. The van der Waals surface area contributed by atoms with Crippen LogP contribution in [0.3, 0.4) is 0 Å². The Bertz CT molecular complexity index is 370. The molecule has 96 valence electrons. The van der Waals surface area contributed by atoms with Crippen molar-refractivity contribution >= 4 is 11.6 Å². The first-order valence-electron chi connectivity index (χ1n) is 5.02. The van der Waals surface area contributed by atoms with Crippen LogP contribution in [-0.2, 0) is 6.18 Å². The first kappa shape index (κ1) is 13.5. The molecule has 0 bridgehead atoms. The first-order chi connectivity index (χ1) is 7.97. The third-order valence-electron chi connectivity index (χ3n) is 1.76. The Morgan fingerprint density at radius 3 is 2.29 bits per heavy atom. The number of aliphatic hydroxyl groups excluding tert-OH is 1. The summed E-state index contributed by atoms with van der Waals surface area (Å²) >= 11 is 0. The first-order valence-corrected chi connectivity index (χ1v) is 5.02. The summed E-state index contributed by atoms with van der Waals surface area (Å²) in [6.07, 6.45) is -4.60. The van der Waals surface area contributed by atoms with Crippen molar-refractivity contribution in [3.05, 3.63) is 11.9 Å². The lowest BCUT2D eigenvalue weighted by molar-refractivity contribution is -0.144. The van der Waals surface area contributed by atoms with Gasteiger partial charge >= 0.3 is 6.18 Å². The van der Waals surface area contributed by atoms with Crippen molar-refractivity contribution in [1.82, 2.24) is 9.97 Å². The summed E-state index contributed by atoms with van der Waals surface area (Å²) in [5, 5.41) is 13.8. The predicted molar refractivity (Wildman–Crippen MR) is 56.8 cm³/mol. The van der Waals surface area contributed by atoms with Crippen LogP contribution in [0.15, 0.2) is 6.07 Å². The molecule has 0 atom stereocenters. The van der Waals surface area contributed by atoms with Crippen LogP contribution < -0.4 is 10.6 Å². The van der Waals surface area contributed by atoms with E-state index in [9.17, 15) is 13.2 Å². The molecule has 0 aliphatic rings. The van der Waals surface area contributed by atoms with E-state index in [1.54, 1.807) is 6.92 Å².